The molecule has 0 fully saturated rings. The van der Waals surface area contributed by atoms with Crippen molar-refractivity contribution in [1.29, 1.82) is 0 Å². The maximum atomic E-state index is 12.9. The predicted octanol–water partition coefficient (Wildman–Crippen LogP) is 2.97. The second-order valence-corrected chi connectivity index (χ2v) is 7.40. The Balaban J connectivity index is 1.79. The summed E-state index contributed by atoms with van der Waals surface area (Å²) in [5.74, 6) is -1.51. The second-order valence-electron chi connectivity index (χ2n) is 7.40. The lowest BCUT2D eigenvalue weighted by atomic mass is 10.1. The molecule has 0 aliphatic rings. The van der Waals surface area contributed by atoms with Crippen molar-refractivity contribution < 1.29 is 22.8 Å². The smallest absolute Gasteiger partial charge is 0.383 e. The zero-order valence-corrected chi connectivity index (χ0v) is 17.4. The number of fused-ring (bicyclic) bond motifs is 1. The Labute approximate surface area is 181 Å². The molecule has 2 amide bonds. The summed E-state index contributed by atoms with van der Waals surface area (Å²) in [7, 11) is 0. The van der Waals surface area contributed by atoms with Gasteiger partial charge in [-0.1, -0.05) is 20.3 Å². The number of alkyl halides is 3. The van der Waals surface area contributed by atoms with Gasteiger partial charge in [0.25, 0.3) is 0 Å². The van der Waals surface area contributed by atoms with E-state index in [1.165, 1.54) is 23.4 Å². The molecule has 4 N–H and O–H groups in total. The van der Waals surface area contributed by atoms with Gasteiger partial charge in [0.05, 0.1) is 46.8 Å². The van der Waals surface area contributed by atoms with E-state index in [1.54, 1.807) is 0 Å². The fourth-order valence-electron chi connectivity index (χ4n) is 2.97. The van der Waals surface area contributed by atoms with Crippen molar-refractivity contribution in [2.45, 2.75) is 33.0 Å². The molecule has 3 aromatic rings. The van der Waals surface area contributed by atoms with Crippen LogP contribution in [-0.2, 0) is 22.3 Å². The van der Waals surface area contributed by atoms with Gasteiger partial charge < -0.3 is 16.0 Å². The van der Waals surface area contributed by atoms with Gasteiger partial charge >= 0.3 is 18.0 Å². The normalized spacial score (nSPS) is 12.5. The third-order valence-corrected chi connectivity index (χ3v) is 4.98. The highest BCUT2D eigenvalue weighted by Crippen LogP contribution is 2.28. The molecule has 9 nitrogen and oxygen atoms in total. The van der Waals surface area contributed by atoms with Crippen LogP contribution in [0, 0.1) is 5.92 Å². The van der Waals surface area contributed by atoms with Gasteiger partial charge in [0.2, 0.25) is 0 Å². The lowest BCUT2D eigenvalue weighted by Crippen LogP contribution is -2.41. The zero-order chi connectivity index (χ0) is 23.5. The van der Waals surface area contributed by atoms with Crippen LogP contribution in [0.3, 0.4) is 0 Å². The van der Waals surface area contributed by atoms with Gasteiger partial charge in [-0.15, -0.1) is 0 Å². The number of aromatic nitrogens is 4. The van der Waals surface area contributed by atoms with Crippen LogP contribution in [0.4, 0.5) is 24.7 Å². The second kappa shape index (κ2) is 9.20. The van der Waals surface area contributed by atoms with E-state index in [4.69, 9.17) is 5.73 Å². The number of hydrogen-bond donors (Lipinski definition) is 3. The van der Waals surface area contributed by atoms with Gasteiger partial charge in [-0.2, -0.15) is 18.3 Å². The Morgan fingerprint density at radius 2 is 1.97 bits per heavy atom. The molecule has 0 aliphatic carbocycles. The number of nitrogens with two attached hydrogens (primary N) is 1. The molecule has 3 heterocycles. The molecule has 0 saturated heterocycles. The molecule has 3 rings (SSSR count). The van der Waals surface area contributed by atoms with Crippen molar-refractivity contribution in [3.8, 4) is 0 Å². The van der Waals surface area contributed by atoms with Crippen LogP contribution in [0.2, 0.25) is 0 Å². The lowest BCUT2D eigenvalue weighted by molar-refractivity contribution is -0.144. The van der Waals surface area contributed by atoms with Crippen molar-refractivity contribution >= 4 is 34.2 Å². The highest BCUT2D eigenvalue weighted by molar-refractivity contribution is 6.40. The molecule has 1 atom stereocenters. The SMILES string of the molecule is CC[C@@H](C)CN(Cc1ccc(C(F)(F)F)cn1)C(=O)C(=O)Nc1cnc(N)c2cn[nH]c12. The fourth-order valence-corrected chi connectivity index (χ4v) is 2.97. The first-order valence-corrected chi connectivity index (χ1v) is 9.80. The number of amides is 2. The first kappa shape index (κ1) is 23.0. The molecule has 0 aromatic carbocycles. The number of hydrogen-bond acceptors (Lipinski definition) is 6. The van der Waals surface area contributed by atoms with Gasteiger partial charge in [-0.05, 0) is 18.1 Å². The molecule has 0 bridgehead atoms. The molecule has 0 spiro atoms. The van der Waals surface area contributed by atoms with Crippen LogP contribution in [0.5, 0.6) is 0 Å². The number of aromatic amines is 1. The van der Waals surface area contributed by atoms with Crippen LogP contribution in [-0.4, -0.2) is 43.4 Å². The van der Waals surface area contributed by atoms with E-state index in [9.17, 15) is 22.8 Å². The quantitative estimate of drug-likeness (QED) is 0.496. The summed E-state index contributed by atoms with van der Waals surface area (Å²) in [4.78, 5) is 34.6. The van der Waals surface area contributed by atoms with E-state index in [0.717, 1.165) is 12.5 Å². The number of carbonyl (C=O) groups excluding carboxylic acids is 2. The summed E-state index contributed by atoms with van der Waals surface area (Å²) in [6, 6.07) is 2.08. The molecule has 0 aliphatic heterocycles. The minimum absolute atomic E-state index is 0.0544. The van der Waals surface area contributed by atoms with Crippen LogP contribution < -0.4 is 11.1 Å². The topological polar surface area (TPSA) is 130 Å². The lowest BCUT2D eigenvalue weighted by Gasteiger charge is -2.25. The number of halogens is 3. The average Bonchev–Trinajstić information content (AvgIpc) is 3.25. The van der Waals surface area contributed by atoms with E-state index in [1.807, 2.05) is 13.8 Å². The maximum Gasteiger partial charge on any atom is 0.417 e. The van der Waals surface area contributed by atoms with Gasteiger partial charge in [0.1, 0.15) is 5.82 Å². The Kier molecular flexibility index (Phi) is 6.61. The standard InChI is InChI=1S/C20H22F3N7O2/c1-3-11(2)9-30(10-13-5-4-12(6-25-13)20(21,22)23)19(32)18(31)28-15-8-26-17(24)14-7-27-29-16(14)15/h4-8,11H,3,9-10H2,1-2H3,(H2,24,26)(H,27,29)(H,28,31)/t11-/m1/s1. The van der Waals surface area contributed by atoms with Crippen LogP contribution in [0.25, 0.3) is 10.9 Å². The zero-order valence-electron chi connectivity index (χ0n) is 17.4. The van der Waals surface area contributed by atoms with Crippen molar-refractivity contribution in [2.24, 2.45) is 5.92 Å². The summed E-state index contributed by atoms with van der Waals surface area (Å²) < 4.78 is 38.3. The van der Waals surface area contributed by atoms with E-state index < -0.39 is 23.6 Å². The number of rotatable bonds is 6. The average molecular weight is 449 g/mol. The minimum Gasteiger partial charge on any atom is -0.383 e. The first-order valence-electron chi connectivity index (χ1n) is 9.80. The van der Waals surface area contributed by atoms with Gasteiger partial charge in [-0.25, -0.2) is 4.98 Å². The highest BCUT2D eigenvalue weighted by atomic mass is 19.4. The number of carbonyl (C=O) groups is 2. The first-order chi connectivity index (χ1) is 15.1. The van der Waals surface area contributed by atoms with Crippen molar-refractivity contribution in [3.05, 3.63) is 42.0 Å². The van der Waals surface area contributed by atoms with Crippen LogP contribution >= 0.6 is 0 Å². The van der Waals surface area contributed by atoms with Gasteiger partial charge in [-0.3, -0.25) is 19.7 Å². The number of anilines is 2. The Morgan fingerprint density at radius 3 is 2.59 bits per heavy atom. The summed E-state index contributed by atoms with van der Waals surface area (Å²) in [5.41, 5.74) is 5.74. The Hall–Kier alpha value is -3.70. The number of nitrogens with zero attached hydrogens (tertiary/aromatic N) is 4. The van der Waals surface area contributed by atoms with Gasteiger partial charge in [0, 0.05) is 12.7 Å². The molecule has 32 heavy (non-hydrogen) atoms. The third-order valence-electron chi connectivity index (χ3n) is 4.98. The summed E-state index contributed by atoms with van der Waals surface area (Å²) in [6.45, 7) is 3.94. The van der Waals surface area contributed by atoms with E-state index in [0.29, 0.717) is 17.1 Å². The summed E-state index contributed by atoms with van der Waals surface area (Å²) in [5, 5.41) is 9.53. The monoisotopic (exact) mass is 449 g/mol. The largest absolute Gasteiger partial charge is 0.417 e. The van der Waals surface area contributed by atoms with E-state index >= 15 is 0 Å². The van der Waals surface area contributed by atoms with E-state index in [2.05, 4.69) is 25.5 Å². The van der Waals surface area contributed by atoms with Crippen molar-refractivity contribution in [1.82, 2.24) is 25.1 Å². The minimum atomic E-state index is -4.51. The highest BCUT2D eigenvalue weighted by Gasteiger charge is 2.31. The molecular formula is C20H22F3N7O2. The summed E-state index contributed by atoms with van der Waals surface area (Å²) >= 11 is 0. The third kappa shape index (κ3) is 5.13. The van der Waals surface area contributed by atoms with E-state index in [-0.39, 0.29) is 36.2 Å². The van der Waals surface area contributed by atoms with Gasteiger partial charge in [0.15, 0.2) is 0 Å². The fraction of sp³-hybridized carbons (Fsp3) is 0.350. The van der Waals surface area contributed by atoms with Crippen LogP contribution in [0.1, 0.15) is 31.5 Å². The Bertz CT molecular complexity index is 1110. The van der Waals surface area contributed by atoms with Crippen molar-refractivity contribution in [2.75, 3.05) is 17.6 Å². The number of pyridine rings is 2. The predicted molar refractivity (Wildman–Crippen MR) is 111 cm³/mol. The number of nitrogens with one attached hydrogen (secondary N) is 2. The molecular weight excluding hydrogens is 427 g/mol. The van der Waals surface area contributed by atoms with Crippen LogP contribution in [0.15, 0.2) is 30.7 Å². The van der Waals surface area contributed by atoms with Crippen molar-refractivity contribution in [3.63, 3.8) is 0 Å². The number of nitrogen functional groups attached to an aromatic ring is 1. The molecule has 12 heteroatoms. The molecule has 170 valence electrons. The number of H-pyrrole nitrogens is 1. The molecule has 0 radical (unpaired) electrons. The Morgan fingerprint density at radius 1 is 1.22 bits per heavy atom. The summed E-state index contributed by atoms with van der Waals surface area (Å²) in [6.07, 6.45) is -0.320. The maximum absolute atomic E-state index is 12.9. The molecule has 0 unspecified atom stereocenters. The molecule has 3 aromatic heterocycles. The molecule has 0 saturated carbocycles.